The zero-order valence-corrected chi connectivity index (χ0v) is 11.7. The van der Waals surface area contributed by atoms with Crippen LogP contribution in [0.4, 0.5) is 4.39 Å². The van der Waals surface area contributed by atoms with Crippen molar-refractivity contribution in [2.45, 2.75) is 12.6 Å². The third-order valence-corrected chi connectivity index (χ3v) is 4.23. The van der Waals surface area contributed by atoms with E-state index in [0.717, 1.165) is 57.4 Å². The Labute approximate surface area is 118 Å². The maximum absolute atomic E-state index is 13.3. The molecule has 1 aromatic carbocycles. The molecule has 0 unspecified atom stereocenters. The Morgan fingerprint density at radius 3 is 2.47 bits per heavy atom. The highest BCUT2D eigenvalue weighted by molar-refractivity contribution is 6.30. The van der Waals surface area contributed by atoms with Gasteiger partial charge in [-0.25, -0.2) is 4.39 Å². The third-order valence-electron chi connectivity index (χ3n) is 4.01. The minimum atomic E-state index is -0.248. The minimum absolute atomic E-state index is 0.248. The van der Waals surface area contributed by atoms with E-state index in [1.165, 1.54) is 6.07 Å². The number of benzene rings is 1. The molecule has 19 heavy (non-hydrogen) atoms. The van der Waals surface area contributed by atoms with Crippen LogP contribution in [-0.4, -0.2) is 55.1 Å². The molecule has 2 aliphatic heterocycles. The fourth-order valence-corrected chi connectivity index (χ4v) is 3.02. The zero-order valence-electron chi connectivity index (χ0n) is 10.9. The Hall–Kier alpha value is -0.680. The second-order valence-electron chi connectivity index (χ2n) is 5.40. The number of rotatable bonds is 3. The summed E-state index contributed by atoms with van der Waals surface area (Å²) in [6.45, 7) is 7.34. The molecular formula is C14H19ClFN3. The van der Waals surface area contributed by atoms with Gasteiger partial charge in [0.1, 0.15) is 5.82 Å². The van der Waals surface area contributed by atoms with Gasteiger partial charge >= 0.3 is 0 Å². The molecule has 104 valence electrons. The van der Waals surface area contributed by atoms with E-state index >= 15 is 0 Å². The summed E-state index contributed by atoms with van der Waals surface area (Å²) >= 11 is 5.89. The van der Waals surface area contributed by atoms with Crippen molar-refractivity contribution in [2.75, 3.05) is 39.3 Å². The van der Waals surface area contributed by atoms with Crippen molar-refractivity contribution in [3.05, 3.63) is 34.6 Å². The summed E-state index contributed by atoms with van der Waals surface area (Å²) in [5.74, 6) is -0.248. The number of hydrogen-bond acceptors (Lipinski definition) is 3. The van der Waals surface area contributed by atoms with Gasteiger partial charge in [-0.05, 0) is 23.8 Å². The number of nitrogens with one attached hydrogen (secondary N) is 1. The van der Waals surface area contributed by atoms with Crippen molar-refractivity contribution in [1.82, 2.24) is 15.1 Å². The van der Waals surface area contributed by atoms with Crippen molar-refractivity contribution in [3.8, 4) is 0 Å². The van der Waals surface area contributed by atoms with Crippen molar-refractivity contribution < 1.29 is 4.39 Å². The summed E-state index contributed by atoms with van der Waals surface area (Å²) < 4.78 is 13.3. The fraction of sp³-hybridized carbons (Fsp3) is 0.571. The predicted molar refractivity (Wildman–Crippen MR) is 74.9 cm³/mol. The third kappa shape index (κ3) is 3.26. The molecule has 0 spiro atoms. The van der Waals surface area contributed by atoms with Gasteiger partial charge in [-0.3, -0.25) is 9.80 Å². The quantitative estimate of drug-likeness (QED) is 0.908. The fourth-order valence-electron chi connectivity index (χ4n) is 2.78. The van der Waals surface area contributed by atoms with Gasteiger partial charge in [-0.1, -0.05) is 11.6 Å². The number of piperazine rings is 1. The van der Waals surface area contributed by atoms with E-state index in [4.69, 9.17) is 11.6 Å². The molecule has 0 atom stereocenters. The second-order valence-corrected chi connectivity index (χ2v) is 5.84. The molecule has 2 fully saturated rings. The molecule has 2 aliphatic rings. The number of nitrogens with zero attached hydrogens (tertiary/aromatic N) is 2. The van der Waals surface area contributed by atoms with Crippen molar-refractivity contribution in [1.29, 1.82) is 0 Å². The van der Waals surface area contributed by atoms with Gasteiger partial charge < -0.3 is 5.32 Å². The smallest absolute Gasteiger partial charge is 0.125 e. The van der Waals surface area contributed by atoms with Crippen LogP contribution in [0.3, 0.4) is 0 Å². The predicted octanol–water partition coefficient (Wildman–Crippen LogP) is 1.57. The maximum atomic E-state index is 13.3. The van der Waals surface area contributed by atoms with E-state index in [0.29, 0.717) is 5.02 Å². The lowest BCUT2D eigenvalue weighted by molar-refractivity contribution is 0.0695. The van der Waals surface area contributed by atoms with Crippen LogP contribution in [0.1, 0.15) is 5.56 Å². The SMILES string of the molecule is Fc1cc(Cl)cc(CN2CCN(C3CNC3)CC2)c1. The largest absolute Gasteiger partial charge is 0.314 e. The van der Waals surface area contributed by atoms with E-state index in [-0.39, 0.29) is 5.82 Å². The molecule has 1 aromatic rings. The molecule has 3 nitrogen and oxygen atoms in total. The Bertz CT molecular complexity index is 422. The van der Waals surface area contributed by atoms with Crippen LogP contribution in [0.25, 0.3) is 0 Å². The lowest BCUT2D eigenvalue weighted by Gasteiger charge is -2.43. The summed E-state index contributed by atoms with van der Waals surface area (Å²) in [6, 6.07) is 5.51. The maximum Gasteiger partial charge on any atom is 0.125 e. The summed E-state index contributed by atoms with van der Waals surface area (Å²) in [4.78, 5) is 4.92. The van der Waals surface area contributed by atoms with E-state index < -0.39 is 0 Å². The molecule has 0 aliphatic carbocycles. The molecule has 2 heterocycles. The monoisotopic (exact) mass is 283 g/mol. The highest BCUT2D eigenvalue weighted by Gasteiger charge is 2.27. The van der Waals surface area contributed by atoms with Crippen molar-refractivity contribution in [2.24, 2.45) is 0 Å². The van der Waals surface area contributed by atoms with Gasteiger partial charge in [0.05, 0.1) is 0 Å². The average Bonchev–Trinajstić information content (AvgIpc) is 2.28. The minimum Gasteiger partial charge on any atom is -0.314 e. The summed E-state index contributed by atoms with van der Waals surface area (Å²) in [6.07, 6.45) is 0. The first-order valence-electron chi connectivity index (χ1n) is 6.83. The van der Waals surface area contributed by atoms with Crippen LogP contribution in [0.2, 0.25) is 5.02 Å². The molecule has 0 amide bonds. The molecule has 3 rings (SSSR count). The normalized spacial score (nSPS) is 22.4. The van der Waals surface area contributed by atoms with Crippen molar-refractivity contribution >= 4 is 11.6 Å². The Morgan fingerprint density at radius 1 is 1.16 bits per heavy atom. The number of hydrogen-bond donors (Lipinski definition) is 1. The molecule has 0 bridgehead atoms. The van der Waals surface area contributed by atoms with Gasteiger partial charge in [0.15, 0.2) is 0 Å². The van der Waals surface area contributed by atoms with E-state index in [1.54, 1.807) is 6.07 Å². The highest BCUT2D eigenvalue weighted by atomic mass is 35.5. The topological polar surface area (TPSA) is 18.5 Å². The lowest BCUT2D eigenvalue weighted by Crippen LogP contribution is -2.61. The van der Waals surface area contributed by atoms with Gasteiger partial charge in [0, 0.05) is 56.9 Å². The van der Waals surface area contributed by atoms with Crippen LogP contribution >= 0.6 is 11.6 Å². The second kappa shape index (κ2) is 5.75. The van der Waals surface area contributed by atoms with E-state index in [2.05, 4.69) is 15.1 Å². The molecule has 0 radical (unpaired) electrons. The van der Waals surface area contributed by atoms with Gasteiger partial charge in [-0.2, -0.15) is 0 Å². The highest BCUT2D eigenvalue weighted by Crippen LogP contribution is 2.17. The molecule has 1 N–H and O–H groups in total. The van der Waals surface area contributed by atoms with Gasteiger partial charge in [0.2, 0.25) is 0 Å². The first kappa shape index (κ1) is 13.3. The van der Waals surface area contributed by atoms with E-state index in [1.807, 2.05) is 6.07 Å². The zero-order chi connectivity index (χ0) is 13.2. The first-order valence-corrected chi connectivity index (χ1v) is 7.20. The van der Waals surface area contributed by atoms with Crippen molar-refractivity contribution in [3.63, 3.8) is 0 Å². The molecule has 0 saturated carbocycles. The summed E-state index contributed by atoms with van der Waals surface area (Å²) in [5.41, 5.74) is 0.962. The van der Waals surface area contributed by atoms with Gasteiger partial charge in [0.25, 0.3) is 0 Å². The Kier molecular flexibility index (Phi) is 4.03. The summed E-state index contributed by atoms with van der Waals surface area (Å²) in [7, 11) is 0. The lowest BCUT2D eigenvalue weighted by atomic mass is 10.1. The average molecular weight is 284 g/mol. The molecule has 0 aromatic heterocycles. The number of halogens is 2. The van der Waals surface area contributed by atoms with Crippen LogP contribution in [-0.2, 0) is 6.54 Å². The Morgan fingerprint density at radius 2 is 1.89 bits per heavy atom. The van der Waals surface area contributed by atoms with Crippen LogP contribution in [0.15, 0.2) is 18.2 Å². The first-order chi connectivity index (χ1) is 9.20. The molecule has 2 saturated heterocycles. The van der Waals surface area contributed by atoms with Crippen LogP contribution < -0.4 is 5.32 Å². The molecule has 5 heteroatoms. The van der Waals surface area contributed by atoms with Crippen LogP contribution in [0.5, 0.6) is 0 Å². The summed E-state index contributed by atoms with van der Waals surface area (Å²) in [5, 5.41) is 3.79. The molecular weight excluding hydrogens is 265 g/mol. The Balaban J connectivity index is 1.53. The van der Waals surface area contributed by atoms with E-state index in [9.17, 15) is 4.39 Å². The van der Waals surface area contributed by atoms with Crippen LogP contribution in [0, 0.1) is 5.82 Å². The van der Waals surface area contributed by atoms with Gasteiger partial charge in [-0.15, -0.1) is 0 Å². The standard InChI is InChI=1S/C14H19ClFN3/c15-12-5-11(6-13(16)7-12)10-18-1-3-19(4-2-18)14-8-17-9-14/h5-7,14,17H,1-4,8-10H2.